The number of hydrogen-bond donors (Lipinski definition) is 2. The van der Waals surface area contributed by atoms with Gasteiger partial charge in [0.2, 0.25) is 5.82 Å². The number of benzene rings is 2. The van der Waals surface area contributed by atoms with Gasteiger partial charge in [-0.25, -0.2) is 9.37 Å². The Hall–Kier alpha value is -3.73. The number of oxime groups is 1. The number of halogens is 3. The highest BCUT2D eigenvalue weighted by Crippen LogP contribution is 2.46. The van der Waals surface area contributed by atoms with Crippen LogP contribution in [0.15, 0.2) is 52.2 Å². The van der Waals surface area contributed by atoms with E-state index in [0.717, 1.165) is 16.6 Å². The van der Waals surface area contributed by atoms with Crippen molar-refractivity contribution in [2.75, 3.05) is 19.5 Å². The number of aromatic nitrogens is 1. The maximum atomic E-state index is 15.2. The lowest BCUT2D eigenvalue weighted by Crippen LogP contribution is -2.29. The summed E-state index contributed by atoms with van der Waals surface area (Å²) >= 11 is 3.36. The summed E-state index contributed by atoms with van der Waals surface area (Å²) < 4.78 is 41.2. The molecule has 0 aliphatic carbocycles. The van der Waals surface area contributed by atoms with E-state index in [1.165, 1.54) is 26.4 Å². The minimum absolute atomic E-state index is 0.0701. The fourth-order valence-electron chi connectivity index (χ4n) is 2.96. The van der Waals surface area contributed by atoms with E-state index < -0.39 is 23.4 Å². The van der Waals surface area contributed by atoms with Gasteiger partial charge in [-0.05, 0) is 30.3 Å². The molecule has 2 aromatic carbocycles. The van der Waals surface area contributed by atoms with Crippen LogP contribution in [0.5, 0.6) is 23.1 Å². The van der Waals surface area contributed by atoms with E-state index in [0.29, 0.717) is 11.4 Å². The van der Waals surface area contributed by atoms with Crippen molar-refractivity contribution in [2.45, 2.75) is 0 Å². The Morgan fingerprint density at radius 3 is 2.78 bits per heavy atom. The highest BCUT2D eigenvalue weighted by Gasteiger charge is 2.26. The monoisotopic (exact) mass is 504 g/mol. The van der Waals surface area contributed by atoms with Crippen molar-refractivity contribution in [1.29, 1.82) is 0 Å². The predicted molar refractivity (Wildman–Crippen MR) is 116 cm³/mol. The van der Waals surface area contributed by atoms with Gasteiger partial charge in [0.05, 0.1) is 17.4 Å². The molecule has 0 saturated heterocycles. The van der Waals surface area contributed by atoms with Crippen LogP contribution in [0, 0.1) is 11.6 Å². The number of nitrogens with zero attached hydrogens (tertiary/aromatic N) is 2. The number of fused-ring (bicyclic) bond motifs is 2. The standard InChI is InChI=1S/C21H15BrF2N4O4/c1-25-20(29)18(28-30-2)12-5-4-11(23)8-16(12)32-21-17(24)19-14(9-26-21)27-13-7-10(22)3-6-15(13)31-19/h3-9,27H,1-2H3,(H,25,29)/b28-18+. The minimum Gasteiger partial charge on any atom is -0.450 e. The van der Waals surface area contributed by atoms with Gasteiger partial charge in [0.15, 0.2) is 17.2 Å². The van der Waals surface area contributed by atoms with Crippen molar-refractivity contribution in [1.82, 2.24) is 10.3 Å². The Labute approximate surface area is 189 Å². The SMILES string of the molecule is CNC(=O)/C(=N/OC)c1ccc(F)cc1Oc1ncc2c(c1F)Oc1ccc(Br)cc1N2. The number of carbonyl (C=O) groups excluding carboxylic acids is 1. The van der Waals surface area contributed by atoms with Crippen LogP contribution in [-0.2, 0) is 9.63 Å². The second kappa shape index (κ2) is 8.79. The zero-order chi connectivity index (χ0) is 22.8. The molecule has 0 atom stereocenters. The van der Waals surface area contributed by atoms with Gasteiger partial charge >= 0.3 is 0 Å². The molecule has 0 bridgehead atoms. The number of carbonyl (C=O) groups is 1. The lowest BCUT2D eigenvalue weighted by Gasteiger charge is -2.22. The third kappa shape index (κ3) is 4.06. The zero-order valence-corrected chi connectivity index (χ0v) is 18.3. The minimum atomic E-state index is -0.913. The summed E-state index contributed by atoms with van der Waals surface area (Å²) in [5.74, 6) is -2.61. The molecule has 8 nitrogen and oxygen atoms in total. The average molecular weight is 505 g/mol. The van der Waals surface area contributed by atoms with Crippen molar-refractivity contribution < 1.29 is 27.9 Å². The lowest BCUT2D eigenvalue weighted by molar-refractivity contribution is -0.114. The molecule has 0 fully saturated rings. The maximum absolute atomic E-state index is 15.2. The fraction of sp³-hybridized carbons (Fsp3) is 0.0952. The van der Waals surface area contributed by atoms with Crippen LogP contribution in [0.2, 0.25) is 0 Å². The van der Waals surface area contributed by atoms with Gasteiger partial charge in [0.1, 0.15) is 24.4 Å². The molecule has 0 saturated carbocycles. The molecule has 1 aliphatic rings. The van der Waals surface area contributed by atoms with E-state index in [9.17, 15) is 9.18 Å². The molecule has 1 amide bonds. The largest absolute Gasteiger partial charge is 0.450 e. The highest BCUT2D eigenvalue weighted by molar-refractivity contribution is 9.10. The van der Waals surface area contributed by atoms with Crippen LogP contribution in [0.4, 0.5) is 20.2 Å². The summed E-state index contributed by atoms with van der Waals surface area (Å²) in [5, 5.41) is 9.10. The molecule has 1 aromatic heterocycles. The third-order valence-electron chi connectivity index (χ3n) is 4.40. The Bertz CT molecular complexity index is 1250. The Morgan fingerprint density at radius 1 is 1.22 bits per heavy atom. The van der Waals surface area contributed by atoms with E-state index in [-0.39, 0.29) is 28.5 Å². The molecule has 11 heteroatoms. The first-order valence-corrected chi connectivity index (χ1v) is 9.94. The van der Waals surface area contributed by atoms with Crippen LogP contribution in [0.25, 0.3) is 0 Å². The van der Waals surface area contributed by atoms with E-state index in [1.54, 1.807) is 18.2 Å². The summed E-state index contributed by atoms with van der Waals surface area (Å²) in [6.07, 6.45) is 1.32. The van der Waals surface area contributed by atoms with Gasteiger partial charge in [-0.1, -0.05) is 21.1 Å². The molecular formula is C21H15BrF2N4O4. The van der Waals surface area contributed by atoms with Gasteiger partial charge in [-0.15, -0.1) is 0 Å². The first-order chi connectivity index (χ1) is 15.4. The fourth-order valence-corrected chi connectivity index (χ4v) is 3.32. The van der Waals surface area contributed by atoms with E-state index >= 15 is 4.39 Å². The molecule has 0 spiro atoms. The Balaban J connectivity index is 1.73. The number of anilines is 2. The molecule has 32 heavy (non-hydrogen) atoms. The van der Waals surface area contributed by atoms with Crippen LogP contribution >= 0.6 is 15.9 Å². The lowest BCUT2D eigenvalue weighted by atomic mass is 10.1. The second-order valence-electron chi connectivity index (χ2n) is 6.43. The number of ether oxygens (including phenoxy) is 2. The summed E-state index contributed by atoms with van der Waals surface area (Å²) in [6.45, 7) is 0. The zero-order valence-electron chi connectivity index (χ0n) is 16.7. The van der Waals surface area contributed by atoms with Gasteiger partial charge in [-0.3, -0.25) is 4.79 Å². The molecule has 3 aromatic rings. The highest BCUT2D eigenvalue weighted by atomic mass is 79.9. The molecule has 2 N–H and O–H groups in total. The van der Waals surface area contributed by atoms with Crippen molar-refractivity contribution >= 4 is 38.9 Å². The average Bonchev–Trinajstić information content (AvgIpc) is 2.78. The van der Waals surface area contributed by atoms with Crippen LogP contribution in [0.3, 0.4) is 0 Å². The van der Waals surface area contributed by atoms with Crippen LogP contribution < -0.4 is 20.1 Å². The summed E-state index contributed by atoms with van der Waals surface area (Å²) in [5.41, 5.74) is 0.786. The van der Waals surface area contributed by atoms with Crippen molar-refractivity contribution in [2.24, 2.45) is 5.16 Å². The summed E-state index contributed by atoms with van der Waals surface area (Å²) in [4.78, 5) is 20.9. The molecule has 4 rings (SSSR count). The number of hydrogen-bond acceptors (Lipinski definition) is 7. The molecule has 2 heterocycles. The van der Waals surface area contributed by atoms with Crippen molar-refractivity contribution in [3.63, 3.8) is 0 Å². The molecule has 1 aliphatic heterocycles. The second-order valence-corrected chi connectivity index (χ2v) is 7.35. The maximum Gasteiger partial charge on any atom is 0.273 e. The van der Waals surface area contributed by atoms with Gasteiger partial charge < -0.3 is 24.9 Å². The van der Waals surface area contributed by atoms with E-state index in [2.05, 4.69) is 36.7 Å². The Kier molecular flexibility index (Phi) is 5.91. The number of nitrogens with one attached hydrogen (secondary N) is 2. The number of pyridine rings is 1. The van der Waals surface area contributed by atoms with E-state index in [1.807, 2.05) is 0 Å². The van der Waals surface area contributed by atoms with Crippen LogP contribution in [-0.4, -0.2) is 30.8 Å². The van der Waals surface area contributed by atoms with Crippen molar-refractivity contribution in [3.05, 3.63) is 64.3 Å². The molecule has 164 valence electrons. The first kappa shape index (κ1) is 21.5. The predicted octanol–water partition coefficient (Wildman–Crippen LogP) is 4.86. The third-order valence-corrected chi connectivity index (χ3v) is 4.89. The van der Waals surface area contributed by atoms with E-state index in [4.69, 9.17) is 14.3 Å². The summed E-state index contributed by atoms with van der Waals surface area (Å²) in [6, 6.07) is 8.54. The molecule has 0 radical (unpaired) electrons. The quantitative estimate of drug-likeness (QED) is 0.297. The topological polar surface area (TPSA) is 94.1 Å². The van der Waals surface area contributed by atoms with Gasteiger partial charge in [0, 0.05) is 17.6 Å². The number of amides is 1. The smallest absolute Gasteiger partial charge is 0.273 e. The van der Waals surface area contributed by atoms with Gasteiger partial charge in [-0.2, -0.15) is 4.39 Å². The van der Waals surface area contributed by atoms with Gasteiger partial charge in [0.25, 0.3) is 11.8 Å². The summed E-state index contributed by atoms with van der Waals surface area (Å²) in [7, 11) is 2.64. The van der Waals surface area contributed by atoms with Crippen LogP contribution in [0.1, 0.15) is 5.56 Å². The number of rotatable bonds is 5. The first-order valence-electron chi connectivity index (χ1n) is 9.15. The van der Waals surface area contributed by atoms with Crippen molar-refractivity contribution in [3.8, 4) is 23.1 Å². The molecule has 0 unspecified atom stereocenters. The number of likely N-dealkylation sites (N-methyl/N-ethyl adjacent to an activating group) is 1. The Morgan fingerprint density at radius 2 is 2.03 bits per heavy atom. The molecular weight excluding hydrogens is 490 g/mol. The normalized spacial score (nSPS) is 12.1.